The van der Waals surface area contributed by atoms with Crippen LogP contribution in [0.3, 0.4) is 0 Å². The lowest BCUT2D eigenvalue weighted by Gasteiger charge is -2.40. The van der Waals surface area contributed by atoms with Gasteiger partial charge in [0.25, 0.3) is 0 Å². The fourth-order valence-electron chi connectivity index (χ4n) is 2.14. The Bertz CT molecular complexity index is 544. The van der Waals surface area contributed by atoms with Gasteiger partial charge in [0.2, 0.25) is 10.0 Å². The van der Waals surface area contributed by atoms with E-state index in [1.54, 1.807) is 12.1 Å². The predicted molar refractivity (Wildman–Crippen MR) is 68.9 cm³/mol. The summed E-state index contributed by atoms with van der Waals surface area (Å²) in [7, 11) is -1.55. The maximum absolute atomic E-state index is 12.4. The molecule has 17 heavy (non-hydrogen) atoms. The first-order chi connectivity index (χ1) is 7.89. The van der Waals surface area contributed by atoms with Gasteiger partial charge in [0.1, 0.15) is 4.90 Å². The van der Waals surface area contributed by atoms with Crippen LogP contribution in [0.4, 0.5) is 5.69 Å². The summed E-state index contributed by atoms with van der Waals surface area (Å²) >= 11 is 5.88. The molecule has 1 aliphatic heterocycles. The molecule has 94 valence electrons. The van der Waals surface area contributed by atoms with E-state index in [1.165, 1.54) is 10.4 Å². The Labute approximate surface area is 107 Å². The number of nitrogens with zero attached hydrogens (tertiary/aromatic N) is 2. The van der Waals surface area contributed by atoms with Crippen molar-refractivity contribution in [1.82, 2.24) is 4.31 Å². The van der Waals surface area contributed by atoms with E-state index in [4.69, 9.17) is 11.6 Å². The van der Waals surface area contributed by atoms with Gasteiger partial charge in [-0.2, -0.15) is 4.31 Å². The summed E-state index contributed by atoms with van der Waals surface area (Å²) in [6.45, 7) is 4.15. The van der Waals surface area contributed by atoms with E-state index in [9.17, 15) is 8.42 Å². The fourth-order valence-corrected chi connectivity index (χ4v) is 4.27. The van der Waals surface area contributed by atoms with Crippen LogP contribution in [-0.4, -0.2) is 32.5 Å². The highest BCUT2D eigenvalue weighted by molar-refractivity contribution is 7.89. The van der Waals surface area contributed by atoms with E-state index < -0.39 is 10.0 Å². The van der Waals surface area contributed by atoms with Gasteiger partial charge in [-0.3, -0.25) is 0 Å². The number of hydrogen-bond acceptors (Lipinski definition) is 3. The average molecular weight is 275 g/mol. The van der Waals surface area contributed by atoms with Crippen molar-refractivity contribution >= 4 is 27.3 Å². The van der Waals surface area contributed by atoms with E-state index in [0.717, 1.165) is 0 Å². The van der Waals surface area contributed by atoms with Crippen LogP contribution in [0.5, 0.6) is 0 Å². The van der Waals surface area contributed by atoms with Crippen LogP contribution in [0.25, 0.3) is 0 Å². The zero-order valence-corrected chi connectivity index (χ0v) is 11.6. The number of benzene rings is 1. The Balaban J connectivity index is 2.71. The van der Waals surface area contributed by atoms with E-state index in [2.05, 4.69) is 0 Å². The molecule has 4 nitrogen and oxygen atoms in total. The predicted octanol–water partition coefficient (Wildman–Crippen LogP) is 2.15. The Kier molecular flexibility index (Phi) is 3.10. The molecule has 0 aromatic heterocycles. The average Bonchev–Trinajstić information content (AvgIpc) is 2.27. The highest BCUT2D eigenvalue weighted by Gasteiger charge is 2.38. The molecule has 1 atom stereocenters. The Morgan fingerprint density at radius 1 is 1.41 bits per heavy atom. The van der Waals surface area contributed by atoms with E-state index in [0.29, 0.717) is 17.3 Å². The maximum atomic E-state index is 12.4. The number of sulfonamides is 1. The lowest BCUT2D eigenvalue weighted by molar-refractivity contribution is 0.336. The van der Waals surface area contributed by atoms with Crippen LogP contribution in [0.2, 0.25) is 5.02 Å². The minimum Gasteiger partial charge on any atom is -0.357 e. The molecule has 0 radical (unpaired) electrons. The number of hydrogen-bond donors (Lipinski definition) is 0. The van der Waals surface area contributed by atoms with Crippen LogP contribution < -0.4 is 4.90 Å². The van der Waals surface area contributed by atoms with Crippen molar-refractivity contribution in [1.29, 1.82) is 0 Å². The van der Waals surface area contributed by atoms with Crippen LogP contribution in [0.15, 0.2) is 23.1 Å². The van der Waals surface area contributed by atoms with Crippen molar-refractivity contribution in [3.05, 3.63) is 23.2 Å². The molecular weight excluding hydrogens is 260 g/mol. The molecule has 0 aliphatic carbocycles. The normalized spacial score (nSPS) is 23.5. The lowest BCUT2D eigenvalue weighted by Crippen LogP contribution is -2.51. The SMILES string of the molecule is CCN1C(C)N(C)c2ccc(Cl)cc2S1(=O)=O. The molecule has 6 heteroatoms. The van der Waals surface area contributed by atoms with Gasteiger partial charge in [-0.1, -0.05) is 18.5 Å². The highest BCUT2D eigenvalue weighted by atomic mass is 35.5. The van der Waals surface area contributed by atoms with Crippen molar-refractivity contribution in [3.8, 4) is 0 Å². The van der Waals surface area contributed by atoms with Gasteiger partial charge in [0.15, 0.2) is 0 Å². The molecule has 1 heterocycles. The van der Waals surface area contributed by atoms with Gasteiger partial charge < -0.3 is 4.90 Å². The zero-order valence-electron chi connectivity index (χ0n) is 10.0. The molecule has 0 bridgehead atoms. The van der Waals surface area contributed by atoms with Crippen LogP contribution in [0.1, 0.15) is 13.8 Å². The smallest absolute Gasteiger partial charge is 0.246 e. The summed E-state index contributed by atoms with van der Waals surface area (Å²) in [5.74, 6) is 0. The van der Waals surface area contributed by atoms with E-state index >= 15 is 0 Å². The minimum absolute atomic E-state index is 0.182. The first-order valence-corrected chi connectivity index (χ1v) is 7.25. The molecule has 0 N–H and O–H groups in total. The second-order valence-corrected chi connectivity index (χ2v) is 6.36. The summed E-state index contributed by atoms with van der Waals surface area (Å²) in [6.07, 6.45) is -0.182. The molecule has 1 unspecified atom stereocenters. The Morgan fingerprint density at radius 3 is 2.65 bits per heavy atom. The molecule has 0 spiro atoms. The standard InChI is InChI=1S/C11H15ClN2O2S/c1-4-14-8(2)13(3)10-6-5-9(12)7-11(10)17(14,15)16/h5-8H,4H2,1-3H3. The van der Waals surface area contributed by atoms with Crippen LogP contribution >= 0.6 is 11.6 Å². The van der Waals surface area contributed by atoms with Gasteiger partial charge in [-0.15, -0.1) is 0 Å². The van der Waals surface area contributed by atoms with Crippen molar-refractivity contribution < 1.29 is 8.42 Å². The maximum Gasteiger partial charge on any atom is 0.246 e. The quantitative estimate of drug-likeness (QED) is 0.788. The second-order valence-electron chi connectivity index (χ2n) is 4.06. The topological polar surface area (TPSA) is 40.6 Å². The number of halogens is 1. The third kappa shape index (κ3) is 1.82. The van der Waals surface area contributed by atoms with Crippen molar-refractivity contribution in [2.45, 2.75) is 24.9 Å². The van der Waals surface area contributed by atoms with E-state index in [1.807, 2.05) is 25.8 Å². The third-order valence-electron chi connectivity index (χ3n) is 3.18. The molecule has 0 fully saturated rings. The summed E-state index contributed by atoms with van der Waals surface area (Å²) in [4.78, 5) is 2.23. The minimum atomic E-state index is -3.43. The fraction of sp³-hybridized carbons (Fsp3) is 0.455. The molecule has 1 aromatic carbocycles. The molecule has 0 saturated heterocycles. The number of anilines is 1. The first-order valence-electron chi connectivity index (χ1n) is 5.43. The molecule has 1 aromatic rings. The van der Waals surface area contributed by atoms with Gasteiger partial charge >= 0.3 is 0 Å². The molecule has 0 saturated carbocycles. The van der Waals surface area contributed by atoms with Crippen molar-refractivity contribution in [3.63, 3.8) is 0 Å². The monoisotopic (exact) mass is 274 g/mol. The van der Waals surface area contributed by atoms with Gasteiger partial charge in [0, 0.05) is 18.6 Å². The summed E-state index contributed by atoms with van der Waals surface area (Å²) in [5.41, 5.74) is 0.701. The summed E-state index contributed by atoms with van der Waals surface area (Å²) in [5, 5.41) is 0.436. The molecular formula is C11H15ClN2O2S. The van der Waals surface area contributed by atoms with Gasteiger partial charge in [0.05, 0.1) is 11.9 Å². The molecule has 2 rings (SSSR count). The molecule has 0 amide bonds. The van der Waals surface area contributed by atoms with Crippen molar-refractivity contribution in [2.24, 2.45) is 0 Å². The second kappa shape index (κ2) is 4.15. The Morgan fingerprint density at radius 2 is 2.06 bits per heavy atom. The third-order valence-corrected chi connectivity index (χ3v) is 5.48. The summed E-state index contributed by atoms with van der Waals surface area (Å²) in [6, 6.07) is 4.97. The Hall–Kier alpha value is -0.780. The van der Waals surface area contributed by atoms with Gasteiger partial charge in [-0.05, 0) is 25.1 Å². The first kappa shape index (κ1) is 12.7. The zero-order chi connectivity index (χ0) is 12.8. The van der Waals surface area contributed by atoms with E-state index in [-0.39, 0.29) is 11.1 Å². The number of rotatable bonds is 1. The van der Waals surface area contributed by atoms with Crippen molar-refractivity contribution in [2.75, 3.05) is 18.5 Å². The van der Waals surface area contributed by atoms with Gasteiger partial charge in [-0.25, -0.2) is 8.42 Å². The molecule has 1 aliphatic rings. The largest absolute Gasteiger partial charge is 0.357 e. The number of fused-ring (bicyclic) bond motifs is 1. The van der Waals surface area contributed by atoms with Crippen LogP contribution in [-0.2, 0) is 10.0 Å². The summed E-state index contributed by atoms with van der Waals surface area (Å²) < 4.78 is 26.2. The highest BCUT2D eigenvalue weighted by Crippen LogP contribution is 2.36. The van der Waals surface area contributed by atoms with Crippen LogP contribution in [0, 0.1) is 0 Å². The lowest BCUT2D eigenvalue weighted by atomic mass is 10.2.